The maximum atomic E-state index is 11.6. The lowest BCUT2D eigenvalue weighted by molar-refractivity contribution is 0.199. The summed E-state index contributed by atoms with van der Waals surface area (Å²) >= 11 is 0. The SMILES string of the molecule is C[C@@H]1NC[C@@H]1CF. The van der Waals surface area contributed by atoms with E-state index in [0.717, 1.165) is 6.54 Å². The number of nitrogens with one attached hydrogen (secondary N) is 1. The van der Waals surface area contributed by atoms with E-state index >= 15 is 0 Å². The fourth-order valence-corrected chi connectivity index (χ4v) is 0.708. The highest BCUT2D eigenvalue weighted by Crippen LogP contribution is 2.11. The molecule has 0 radical (unpaired) electrons. The van der Waals surface area contributed by atoms with E-state index in [9.17, 15) is 4.39 Å². The highest BCUT2D eigenvalue weighted by molar-refractivity contribution is 4.83. The Hall–Kier alpha value is -0.110. The zero-order chi connectivity index (χ0) is 5.28. The van der Waals surface area contributed by atoms with Gasteiger partial charge in [-0.25, -0.2) is 0 Å². The highest BCUT2D eigenvalue weighted by Gasteiger charge is 2.24. The summed E-state index contributed by atoms with van der Waals surface area (Å²) in [6.45, 7) is 2.72. The van der Waals surface area contributed by atoms with Crippen molar-refractivity contribution in [3.05, 3.63) is 0 Å². The van der Waals surface area contributed by atoms with E-state index in [2.05, 4.69) is 5.32 Å². The second-order valence-electron chi connectivity index (χ2n) is 2.11. The van der Waals surface area contributed by atoms with Crippen LogP contribution in [0.2, 0.25) is 0 Å². The van der Waals surface area contributed by atoms with Crippen molar-refractivity contribution in [1.29, 1.82) is 0 Å². The van der Waals surface area contributed by atoms with Crippen molar-refractivity contribution in [3.8, 4) is 0 Å². The van der Waals surface area contributed by atoms with E-state index < -0.39 is 0 Å². The lowest BCUT2D eigenvalue weighted by Gasteiger charge is -2.32. The standard InChI is InChI=1S/C5H10FN/c1-4-5(2-6)3-7-4/h4-5,7H,2-3H2,1H3/t4-,5-/m0/s1. The fourth-order valence-electron chi connectivity index (χ4n) is 0.708. The van der Waals surface area contributed by atoms with Gasteiger partial charge in [-0.2, -0.15) is 0 Å². The summed E-state index contributed by atoms with van der Waals surface area (Å²) in [5, 5.41) is 3.07. The average Bonchev–Trinajstić information content (AvgIpc) is 1.65. The largest absolute Gasteiger partial charge is 0.313 e. The van der Waals surface area contributed by atoms with Gasteiger partial charge in [-0.15, -0.1) is 0 Å². The van der Waals surface area contributed by atoms with Crippen LogP contribution < -0.4 is 5.32 Å². The lowest BCUT2D eigenvalue weighted by atomic mass is 9.95. The first-order valence-electron chi connectivity index (χ1n) is 2.64. The molecule has 1 rings (SSSR count). The predicted molar refractivity (Wildman–Crippen MR) is 26.9 cm³/mol. The minimum Gasteiger partial charge on any atom is -0.313 e. The Morgan fingerprint density at radius 2 is 2.57 bits per heavy atom. The number of hydrogen-bond donors (Lipinski definition) is 1. The van der Waals surface area contributed by atoms with Gasteiger partial charge in [0.15, 0.2) is 0 Å². The van der Waals surface area contributed by atoms with Crippen LogP contribution in [0.3, 0.4) is 0 Å². The van der Waals surface area contributed by atoms with Gasteiger partial charge < -0.3 is 5.32 Å². The monoisotopic (exact) mass is 103 g/mol. The fraction of sp³-hybridized carbons (Fsp3) is 1.00. The van der Waals surface area contributed by atoms with Gasteiger partial charge in [-0.3, -0.25) is 4.39 Å². The van der Waals surface area contributed by atoms with Crippen LogP contribution in [-0.2, 0) is 0 Å². The van der Waals surface area contributed by atoms with Gasteiger partial charge in [-0.1, -0.05) is 0 Å². The van der Waals surface area contributed by atoms with E-state index in [4.69, 9.17) is 0 Å². The molecule has 0 aromatic heterocycles. The van der Waals surface area contributed by atoms with Gasteiger partial charge in [0.05, 0.1) is 6.67 Å². The van der Waals surface area contributed by atoms with E-state index in [1.807, 2.05) is 6.92 Å². The van der Waals surface area contributed by atoms with Crippen LogP contribution in [0.1, 0.15) is 6.92 Å². The Labute approximate surface area is 42.9 Å². The van der Waals surface area contributed by atoms with E-state index in [1.165, 1.54) is 0 Å². The first-order valence-corrected chi connectivity index (χ1v) is 2.64. The summed E-state index contributed by atoms with van der Waals surface area (Å²) in [6.07, 6.45) is 0. The Kier molecular flexibility index (Phi) is 1.28. The van der Waals surface area contributed by atoms with Crippen LogP contribution in [0.4, 0.5) is 4.39 Å². The summed E-state index contributed by atoms with van der Waals surface area (Å²) in [4.78, 5) is 0. The first-order chi connectivity index (χ1) is 3.34. The molecule has 0 aromatic carbocycles. The molecule has 0 amide bonds. The Morgan fingerprint density at radius 1 is 1.86 bits per heavy atom. The third-order valence-electron chi connectivity index (χ3n) is 1.61. The first kappa shape index (κ1) is 5.04. The van der Waals surface area contributed by atoms with E-state index in [1.54, 1.807) is 0 Å². The van der Waals surface area contributed by atoms with Crippen LogP contribution in [0.25, 0.3) is 0 Å². The highest BCUT2D eigenvalue weighted by atomic mass is 19.1. The summed E-state index contributed by atoms with van der Waals surface area (Å²) in [5.74, 6) is 0.306. The molecule has 0 aliphatic carbocycles. The third kappa shape index (κ3) is 0.752. The second kappa shape index (κ2) is 1.78. The normalized spacial score (nSPS) is 40.3. The molecule has 0 saturated carbocycles. The number of alkyl halides is 1. The molecular formula is C5H10FN. The molecule has 1 heterocycles. The molecule has 2 atom stereocenters. The van der Waals surface area contributed by atoms with Gasteiger partial charge in [0, 0.05) is 18.5 Å². The van der Waals surface area contributed by atoms with Crippen LogP contribution >= 0.6 is 0 Å². The van der Waals surface area contributed by atoms with Crippen LogP contribution in [0.5, 0.6) is 0 Å². The third-order valence-corrected chi connectivity index (χ3v) is 1.61. The summed E-state index contributed by atoms with van der Waals surface area (Å²) < 4.78 is 11.6. The average molecular weight is 103 g/mol. The van der Waals surface area contributed by atoms with Crippen LogP contribution in [0.15, 0.2) is 0 Å². The quantitative estimate of drug-likeness (QED) is 0.511. The molecule has 1 nitrogen and oxygen atoms in total. The van der Waals surface area contributed by atoms with Gasteiger partial charge in [0.25, 0.3) is 0 Å². The van der Waals surface area contributed by atoms with Crippen molar-refractivity contribution in [2.45, 2.75) is 13.0 Å². The van der Waals surface area contributed by atoms with Crippen LogP contribution in [-0.4, -0.2) is 19.3 Å². The molecule has 1 aliphatic rings. The van der Waals surface area contributed by atoms with Crippen molar-refractivity contribution < 1.29 is 4.39 Å². The smallest absolute Gasteiger partial charge is 0.0949 e. The van der Waals surface area contributed by atoms with Gasteiger partial charge in [-0.05, 0) is 6.92 Å². The van der Waals surface area contributed by atoms with Gasteiger partial charge >= 0.3 is 0 Å². The van der Waals surface area contributed by atoms with Gasteiger partial charge in [0.1, 0.15) is 0 Å². The lowest BCUT2D eigenvalue weighted by Crippen LogP contribution is -2.51. The molecule has 2 heteroatoms. The maximum absolute atomic E-state index is 11.6. The van der Waals surface area contributed by atoms with Crippen LogP contribution in [0, 0.1) is 5.92 Å². The summed E-state index contributed by atoms with van der Waals surface area (Å²) in [5.41, 5.74) is 0. The molecular weight excluding hydrogens is 93.1 g/mol. The number of halogens is 1. The molecule has 42 valence electrons. The summed E-state index contributed by atoms with van der Waals surface area (Å²) in [6, 6.07) is 0.421. The van der Waals surface area contributed by atoms with E-state index in [0.29, 0.717) is 12.0 Å². The minimum atomic E-state index is -0.159. The number of hydrogen-bond acceptors (Lipinski definition) is 1. The van der Waals surface area contributed by atoms with Crippen molar-refractivity contribution in [1.82, 2.24) is 5.32 Å². The molecule has 0 bridgehead atoms. The van der Waals surface area contributed by atoms with Gasteiger partial charge in [0.2, 0.25) is 0 Å². The molecule has 1 fully saturated rings. The Morgan fingerprint density at radius 3 is 2.57 bits per heavy atom. The Balaban J connectivity index is 2.16. The topological polar surface area (TPSA) is 12.0 Å². The van der Waals surface area contributed by atoms with Crippen molar-refractivity contribution >= 4 is 0 Å². The minimum absolute atomic E-state index is 0.159. The Bertz CT molecular complexity index is 63.1. The zero-order valence-corrected chi connectivity index (χ0v) is 4.45. The molecule has 7 heavy (non-hydrogen) atoms. The maximum Gasteiger partial charge on any atom is 0.0949 e. The predicted octanol–water partition coefficient (Wildman–Crippen LogP) is 0.564. The summed E-state index contributed by atoms with van der Waals surface area (Å²) in [7, 11) is 0. The molecule has 0 aromatic rings. The number of rotatable bonds is 1. The molecule has 1 N–H and O–H groups in total. The molecule has 1 saturated heterocycles. The van der Waals surface area contributed by atoms with Crippen molar-refractivity contribution in [2.75, 3.05) is 13.2 Å². The van der Waals surface area contributed by atoms with Crippen molar-refractivity contribution in [3.63, 3.8) is 0 Å². The zero-order valence-electron chi connectivity index (χ0n) is 4.45. The van der Waals surface area contributed by atoms with E-state index in [-0.39, 0.29) is 6.67 Å². The molecule has 0 unspecified atom stereocenters. The second-order valence-corrected chi connectivity index (χ2v) is 2.11. The molecule has 0 spiro atoms. The van der Waals surface area contributed by atoms with Crippen molar-refractivity contribution in [2.24, 2.45) is 5.92 Å². The molecule has 1 aliphatic heterocycles.